The van der Waals surface area contributed by atoms with E-state index >= 15 is 0 Å². The lowest BCUT2D eigenvalue weighted by molar-refractivity contribution is -0.870. The molecule has 9 heteroatoms. The molecule has 0 aliphatic heterocycles. The van der Waals surface area contributed by atoms with E-state index in [1.807, 2.05) is 27.2 Å². The van der Waals surface area contributed by atoms with E-state index in [0.29, 0.717) is 17.4 Å². The predicted octanol–water partition coefficient (Wildman–Crippen LogP) is 20.5. The Labute approximate surface area is 474 Å². The SMILES string of the molecule is CCCCCCCCCC/C=C\CCCCCCCCCCCCCCCCCCCCCCCCCCCC(=O)NC(COP(=O)([O-])OCC[N+](C)(C)C)C(O)/C=C/CCCCCCCCCCCCCCCCC. The number of aliphatic hydroxyl groups is 1. The van der Waals surface area contributed by atoms with Gasteiger partial charge in [0.25, 0.3) is 7.82 Å². The maximum Gasteiger partial charge on any atom is 0.268 e. The van der Waals surface area contributed by atoms with Gasteiger partial charge >= 0.3 is 0 Å². The lowest BCUT2D eigenvalue weighted by atomic mass is 10.0. The molecule has 452 valence electrons. The molecule has 0 bridgehead atoms. The molecule has 8 nitrogen and oxygen atoms in total. The summed E-state index contributed by atoms with van der Waals surface area (Å²) in [5.41, 5.74) is 0. The highest BCUT2D eigenvalue weighted by Crippen LogP contribution is 2.38. The van der Waals surface area contributed by atoms with E-state index < -0.39 is 20.0 Å². The van der Waals surface area contributed by atoms with Crippen LogP contribution < -0.4 is 10.2 Å². The Morgan fingerprint density at radius 1 is 0.447 bits per heavy atom. The Morgan fingerprint density at radius 2 is 0.724 bits per heavy atom. The van der Waals surface area contributed by atoms with Gasteiger partial charge in [0.2, 0.25) is 5.91 Å². The molecule has 1 amide bonds. The summed E-state index contributed by atoms with van der Waals surface area (Å²) in [4.78, 5) is 25.6. The zero-order valence-electron chi connectivity index (χ0n) is 51.7. The van der Waals surface area contributed by atoms with Crippen molar-refractivity contribution in [1.82, 2.24) is 5.32 Å². The van der Waals surface area contributed by atoms with Crippen LogP contribution in [0.5, 0.6) is 0 Å². The van der Waals surface area contributed by atoms with Crippen molar-refractivity contribution in [3.63, 3.8) is 0 Å². The normalized spacial score (nSPS) is 13.8. The van der Waals surface area contributed by atoms with Crippen LogP contribution in [0.1, 0.15) is 348 Å². The summed E-state index contributed by atoms with van der Waals surface area (Å²) in [6, 6.07) is -0.883. The van der Waals surface area contributed by atoms with E-state index in [2.05, 4.69) is 31.3 Å². The fourth-order valence-corrected chi connectivity index (χ4v) is 11.1. The minimum absolute atomic E-state index is 0.00201. The smallest absolute Gasteiger partial charge is 0.268 e. The first-order valence-corrected chi connectivity index (χ1v) is 35.2. The third-order valence-corrected chi connectivity index (χ3v) is 16.6. The van der Waals surface area contributed by atoms with Gasteiger partial charge in [-0.25, -0.2) is 0 Å². The second-order valence-electron chi connectivity index (χ2n) is 24.5. The number of unbranched alkanes of at least 4 members (excludes halogenated alkanes) is 48. The average molecular weight is 1090 g/mol. The highest BCUT2D eigenvalue weighted by molar-refractivity contribution is 7.45. The summed E-state index contributed by atoms with van der Waals surface area (Å²) in [6.07, 6.45) is 75.9. The van der Waals surface area contributed by atoms with E-state index in [4.69, 9.17) is 9.05 Å². The van der Waals surface area contributed by atoms with Crippen LogP contribution in [0.3, 0.4) is 0 Å². The summed E-state index contributed by atoms with van der Waals surface area (Å²) in [5.74, 6) is -0.190. The molecule has 0 spiro atoms. The van der Waals surface area contributed by atoms with Gasteiger partial charge in [0, 0.05) is 6.42 Å². The van der Waals surface area contributed by atoms with Crippen molar-refractivity contribution >= 4 is 13.7 Å². The third-order valence-electron chi connectivity index (χ3n) is 15.7. The molecule has 0 aromatic heterocycles. The molecule has 3 unspecified atom stereocenters. The van der Waals surface area contributed by atoms with Gasteiger partial charge in [-0.2, -0.15) is 0 Å². The lowest BCUT2D eigenvalue weighted by Crippen LogP contribution is -2.45. The molecule has 3 atom stereocenters. The molecule has 0 fully saturated rings. The van der Waals surface area contributed by atoms with Crippen molar-refractivity contribution in [3.05, 3.63) is 24.3 Å². The maximum atomic E-state index is 13.0. The van der Waals surface area contributed by atoms with Gasteiger partial charge < -0.3 is 28.8 Å². The average Bonchev–Trinajstić information content (AvgIpc) is 3.38. The number of quaternary nitrogens is 1. The Balaban J connectivity index is 3.92. The highest BCUT2D eigenvalue weighted by Gasteiger charge is 2.23. The second-order valence-corrected chi connectivity index (χ2v) is 25.9. The third kappa shape index (κ3) is 60.6. The van der Waals surface area contributed by atoms with E-state index in [-0.39, 0.29) is 19.1 Å². The van der Waals surface area contributed by atoms with Crippen molar-refractivity contribution in [2.75, 3.05) is 40.9 Å². The maximum absolute atomic E-state index is 13.0. The van der Waals surface area contributed by atoms with Gasteiger partial charge in [0.05, 0.1) is 39.9 Å². The molecule has 0 heterocycles. The van der Waals surface area contributed by atoms with E-state index in [1.54, 1.807) is 6.08 Å². The Morgan fingerprint density at radius 3 is 1.03 bits per heavy atom. The first kappa shape index (κ1) is 75.0. The fraction of sp³-hybridized carbons (Fsp3) is 0.925. The highest BCUT2D eigenvalue weighted by atomic mass is 31.2. The summed E-state index contributed by atoms with van der Waals surface area (Å²) < 4.78 is 23.4. The molecule has 0 aliphatic carbocycles. The molecule has 0 aromatic carbocycles. The monoisotopic (exact) mass is 1090 g/mol. The van der Waals surface area contributed by atoms with Crippen LogP contribution in [0.2, 0.25) is 0 Å². The van der Waals surface area contributed by atoms with Crippen molar-refractivity contribution in [2.24, 2.45) is 0 Å². The number of carbonyl (C=O) groups excluding carboxylic acids is 1. The van der Waals surface area contributed by atoms with Gasteiger partial charge in [0.15, 0.2) is 0 Å². The minimum atomic E-state index is -4.60. The zero-order chi connectivity index (χ0) is 55.6. The van der Waals surface area contributed by atoms with Crippen LogP contribution in [0.4, 0.5) is 0 Å². The quantitative estimate of drug-likeness (QED) is 0.0272. The largest absolute Gasteiger partial charge is 0.756 e. The molecule has 0 aliphatic rings. The number of phosphoric acid groups is 1. The number of nitrogens with one attached hydrogen (secondary N) is 1. The zero-order valence-corrected chi connectivity index (χ0v) is 52.6. The second kappa shape index (κ2) is 58.6. The van der Waals surface area contributed by atoms with Crippen LogP contribution in [-0.4, -0.2) is 68.5 Å². The number of rotatable bonds is 63. The lowest BCUT2D eigenvalue weighted by Gasteiger charge is -2.29. The number of hydrogen-bond acceptors (Lipinski definition) is 6. The fourth-order valence-electron chi connectivity index (χ4n) is 10.4. The molecule has 2 N–H and O–H groups in total. The molecule has 0 radical (unpaired) electrons. The van der Waals surface area contributed by atoms with Gasteiger partial charge in [-0.1, -0.05) is 321 Å². The van der Waals surface area contributed by atoms with Crippen LogP contribution >= 0.6 is 7.82 Å². The number of likely N-dealkylation sites (N-methyl/N-ethyl adjacent to an activating group) is 1. The Bertz CT molecular complexity index is 1290. The van der Waals surface area contributed by atoms with Crippen LogP contribution in [0.15, 0.2) is 24.3 Å². The number of nitrogens with zero attached hydrogens (tertiary/aromatic N) is 1. The summed E-state index contributed by atoms with van der Waals surface area (Å²) in [6.45, 7) is 4.70. The molecule has 76 heavy (non-hydrogen) atoms. The number of carbonyl (C=O) groups is 1. The molecule has 0 aromatic rings. The van der Waals surface area contributed by atoms with Gasteiger partial charge in [-0.3, -0.25) is 9.36 Å². The van der Waals surface area contributed by atoms with Crippen LogP contribution in [0, 0.1) is 0 Å². The number of hydrogen-bond donors (Lipinski definition) is 2. The first-order valence-electron chi connectivity index (χ1n) is 33.7. The molecular formula is C67H133N2O6P. The van der Waals surface area contributed by atoms with Crippen molar-refractivity contribution in [3.8, 4) is 0 Å². The van der Waals surface area contributed by atoms with Crippen LogP contribution in [0.25, 0.3) is 0 Å². The van der Waals surface area contributed by atoms with E-state index in [9.17, 15) is 19.4 Å². The van der Waals surface area contributed by atoms with E-state index in [1.165, 1.54) is 289 Å². The predicted molar refractivity (Wildman–Crippen MR) is 330 cm³/mol. The van der Waals surface area contributed by atoms with Gasteiger partial charge in [0.1, 0.15) is 13.2 Å². The molecular weight excluding hydrogens is 960 g/mol. The summed E-state index contributed by atoms with van der Waals surface area (Å²) >= 11 is 0. The summed E-state index contributed by atoms with van der Waals surface area (Å²) in [5, 5.41) is 13.9. The minimum Gasteiger partial charge on any atom is -0.756 e. The number of phosphoric ester groups is 1. The number of allylic oxidation sites excluding steroid dienone is 3. The standard InChI is InChI=1S/C67H133N2O6P/c1-6-8-10-12-14-16-18-20-22-24-25-26-27-28-29-30-31-32-33-34-35-36-37-38-39-40-41-42-43-45-47-49-51-53-55-57-59-61-67(71)68-65(64-75-76(72,73)74-63-62-69(3,4)5)66(70)60-58-56-54-52-50-48-46-44-23-21-19-17-15-13-11-9-7-2/h24-25,58,60,65-66,70H,6-23,26-57,59,61-64H2,1-5H3,(H-,68,71,72,73)/b25-24-,60-58+. The van der Waals surface area contributed by atoms with Gasteiger partial charge in [-0.15, -0.1) is 0 Å². The first-order chi connectivity index (χ1) is 37.0. The van der Waals surface area contributed by atoms with Crippen molar-refractivity contribution < 1.29 is 32.9 Å². The summed E-state index contributed by atoms with van der Waals surface area (Å²) in [7, 11) is 1.28. The van der Waals surface area contributed by atoms with Crippen molar-refractivity contribution in [1.29, 1.82) is 0 Å². The van der Waals surface area contributed by atoms with Crippen molar-refractivity contribution in [2.45, 2.75) is 360 Å². The molecule has 0 saturated carbocycles. The number of amides is 1. The Hall–Kier alpha value is -1.02. The Kier molecular flexibility index (Phi) is 57.8. The topological polar surface area (TPSA) is 108 Å². The number of aliphatic hydroxyl groups excluding tert-OH is 1. The van der Waals surface area contributed by atoms with Crippen LogP contribution in [-0.2, 0) is 18.4 Å². The van der Waals surface area contributed by atoms with E-state index in [0.717, 1.165) is 38.5 Å². The molecule has 0 saturated heterocycles. The molecule has 0 rings (SSSR count). The van der Waals surface area contributed by atoms with Gasteiger partial charge in [-0.05, 0) is 44.9 Å².